The van der Waals surface area contributed by atoms with Crippen LogP contribution in [0.5, 0.6) is 0 Å². The molecule has 2 aromatic rings. The highest BCUT2D eigenvalue weighted by Gasteiger charge is 2.17. The minimum Gasteiger partial charge on any atom is -0.454 e. The Balaban J connectivity index is 2.05. The van der Waals surface area contributed by atoms with Crippen LogP contribution in [-0.4, -0.2) is 23.3 Å². The summed E-state index contributed by atoms with van der Waals surface area (Å²) in [5.74, 6) is -1.06. The van der Waals surface area contributed by atoms with Gasteiger partial charge >= 0.3 is 5.97 Å². The Bertz CT molecular complexity index is 750. The van der Waals surface area contributed by atoms with E-state index in [9.17, 15) is 19.7 Å². The van der Waals surface area contributed by atoms with Crippen molar-refractivity contribution in [3.63, 3.8) is 0 Å². The van der Waals surface area contributed by atoms with Gasteiger partial charge in [-0.2, -0.15) is 0 Å². The lowest BCUT2D eigenvalue weighted by atomic mass is 10.1. The van der Waals surface area contributed by atoms with Crippen LogP contribution in [0.1, 0.15) is 30.5 Å². The summed E-state index contributed by atoms with van der Waals surface area (Å²) in [5, 5.41) is 10.9. The number of carbonyl (C=O) groups is 2. The summed E-state index contributed by atoms with van der Waals surface area (Å²) in [7, 11) is 0. The Labute approximate surface area is 130 Å². The molecule has 0 atom stereocenters. The maximum atomic E-state index is 11.9. The number of thiophene rings is 1. The van der Waals surface area contributed by atoms with Gasteiger partial charge in [0.1, 0.15) is 0 Å². The maximum Gasteiger partial charge on any atom is 0.338 e. The van der Waals surface area contributed by atoms with Crippen LogP contribution in [0.25, 0.3) is 0 Å². The van der Waals surface area contributed by atoms with Crippen LogP contribution in [0.15, 0.2) is 30.3 Å². The van der Waals surface area contributed by atoms with E-state index in [-0.39, 0.29) is 23.6 Å². The fraction of sp³-hybridized carbons (Fsp3) is 0.200. The van der Waals surface area contributed by atoms with Crippen molar-refractivity contribution in [2.45, 2.75) is 13.8 Å². The van der Waals surface area contributed by atoms with Crippen LogP contribution in [0.4, 0.5) is 5.69 Å². The number of ketones is 1. The lowest BCUT2D eigenvalue weighted by Gasteiger charge is -2.04. The van der Waals surface area contributed by atoms with E-state index in [2.05, 4.69) is 0 Å². The van der Waals surface area contributed by atoms with Gasteiger partial charge in [0.05, 0.1) is 15.4 Å². The van der Waals surface area contributed by atoms with Crippen molar-refractivity contribution >= 4 is 28.8 Å². The van der Waals surface area contributed by atoms with Crippen LogP contribution < -0.4 is 0 Å². The molecule has 0 aliphatic rings. The number of ether oxygens (including phenoxy) is 1. The predicted octanol–water partition coefficient (Wildman–Crippen LogP) is 3.31. The van der Waals surface area contributed by atoms with Gasteiger partial charge in [-0.3, -0.25) is 14.9 Å². The molecule has 0 aliphatic carbocycles. The lowest BCUT2D eigenvalue weighted by molar-refractivity contribution is -0.385. The van der Waals surface area contributed by atoms with E-state index in [1.54, 1.807) is 13.0 Å². The average Bonchev–Trinajstić information content (AvgIpc) is 2.91. The number of Topliss-reactive ketones (excluding diaryl/α,β-unsaturated/α-hetero) is 1. The van der Waals surface area contributed by atoms with Crippen molar-refractivity contribution in [1.29, 1.82) is 0 Å². The fourth-order valence-corrected chi connectivity index (χ4v) is 2.59. The van der Waals surface area contributed by atoms with Gasteiger partial charge < -0.3 is 4.74 Å². The molecular weight excluding hydrogens is 306 g/mol. The molecule has 1 aromatic heterocycles. The molecule has 1 heterocycles. The van der Waals surface area contributed by atoms with Crippen LogP contribution >= 0.6 is 11.3 Å². The third-order valence-electron chi connectivity index (χ3n) is 2.99. The van der Waals surface area contributed by atoms with Gasteiger partial charge in [0.2, 0.25) is 5.78 Å². The maximum absolute atomic E-state index is 11.9. The highest BCUT2D eigenvalue weighted by Crippen LogP contribution is 2.20. The summed E-state index contributed by atoms with van der Waals surface area (Å²) in [5.41, 5.74) is 0.341. The van der Waals surface area contributed by atoms with E-state index in [1.165, 1.54) is 23.5 Å². The van der Waals surface area contributed by atoms with Gasteiger partial charge in [-0.1, -0.05) is 6.07 Å². The predicted molar refractivity (Wildman–Crippen MR) is 81.5 cm³/mol. The molecular formula is C15H13NO5S. The molecule has 0 radical (unpaired) electrons. The standard InChI is InChI=1S/C15H13NO5S/c1-9-3-5-11(7-12(9)16(19)20)15(18)21-8-13(17)14-6-4-10(2)22-14/h3-7H,8H2,1-2H3. The van der Waals surface area contributed by atoms with Gasteiger partial charge in [-0.25, -0.2) is 4.79 Å². The van der Waals surface area contributed by atoms with Crippen LogP contribution in [0.3, 0.4) is 0 Å². The van der Waals surface area contributed by atoms with E-state index in [4.69, 9.17) is 4.74 Å². The molecule has 0 fully saturated rings. The van der Waals surface area contributed by atoms with Crippen molar-refractivity contribution in [3.05, 3.63) is 61.3 Å². The Morgan fingerprint density at radius 1 is 1.23 bits per heavy atom. The Morgan fingerprint density at radius 2 is 1.95 bits per heavy atom. The highest BCUT2D eigenvalue weighted by molar-refractivity contribution is 7.14. The smallest absolute Gasteiger partial charge is 0.338 e. The van der Waals surface area contributed by atoms with E-state index in [0.717, 1.165) is 10.9 Å². The van der Waals surface area contributed by atoms with Gasteiger partial charge in [-0.05, 0) is 32.0 Å². The van der Waals surface area contributed by atoms with Crippen molar-refractivity contribution < 1.29 is 19.2 Å². The average molecular weight is 319 g/mol. The number of esters is 1. The molecule has 114 valence electrons. The minimum absolute atomic E-state index is 0.0486. The van der Waals surface area contributed by atoms with Crippen molar-refractivity contribution in [1.82, 2.24) is 0 Å². The molecule has 0 spiro atoms. The first-order valence-electron chi connectivity index (χ1n) is 6.40. The summed E-state index contributed by atoms with van der Waals surface area (Å²) < 4.78 is 4.92. The van der Waals surface area contributed by atoms with Crippen molar-refractivity contribution in [2.75, 3.05) is 6.61 Å². The number of rotatable bonds is 5. The fourth-order valence-electron chi connectivity index (χ4n) is 1.80. The number of benzene rings is 1. The largest absolute Gasteiger partial charge is 0.454 e. The van der Waals surface area contributed by atoms with Gasteiger partial charge in [0.25, 0.3) is 5.69 Å². The van der Waals surface area contributed by atoms with Crippen molar-refractivity contribution in [3.8, 4) is 0 Å². The molecule has 22 heavy (non-hydrogen) atoms. The molecule has 1 aromatic carbocycles. The molecule has 0 amide bonds. The normalized spacial score (nSPS) is 10.3. The molecule has 2 rings (SSSR count). The first-order chi connectivity index (χ1) is 10.4. The van der Waals surface area contributed by atoms with Crippen LogP contribution in [0.2, 0.25) is 0 Å². The molecule has 0 saturated carbocycles. The molecule has 0 saturated heterocycles. The highest BCUT2D eigenvalue weighted by atomic mass is 32.1. The Morgan fingerprint density at radius 3 is 2.55 bits per heavy atom. The molecule has 7 heteroatoms. The molecule has 0 aliphatic heterocycles. The van der Waals surface area contributed by atoms with E-state index < -0.39 is 10.9 Å². The van der Waals surface area contributed by atoms with Gasteiger partial charge in [0, 0.05) is 16.5 Å². The Kier molecular flexibility index (Phi) is 4.67. The summed E-state index contributed by atoms with van der Waals surface area (Å²) in [4.78, 5) is 35.5. The zero-order valence-electron chi connectivity index (χ0n) is 12.0. The lowest BCUT2D eigenvalue weighted by Crippen LogP contribution is -2.13. The Hall–Kier alpha value is -2.54. The number of nitrogens with zero attached hydrogens (tertiary/aromatic N) is 1. The second kappa shape index (κ2) is 6.48. The monoisotopic (exact) mass is 319 g/mol. The second-order valence-corrected chi connectivity index (χ2v) is 5.96. The van der Waals surface area contributed by atoms with Crippen LogP contribution in [0, 0.1) is 24.0 Å². The number of carbonyl (C=O) groups excluding carboxylic acids is 2. The first-order valence-corrected chi connectivity index (χ1v) is 7.22. The van der Waals surface area contributed by atoms with Gasteiger partial charge in [-0.15, -0.1) is 11.3 Å². The number of hydrogen-bond acceptors (Lipinski definition) is 6. The van der Waals surface area contributed by atoms with Crippen molar-refractivity contribution in [2.24, 2.45) is 0 Å². The van der Waals surface area contributed by atoms with E-state index in [0.29, 0.717) is 10.4 Å². The molecule has 6 nitrogen and oxygen atoms in total. The number of nitro benzene ring substituents is 1. The quantitative estimate of drug-likeness (QED) is 0.365. The van der Waals surface area contributed by atoms with E-state index >= 15 is 0 Å². The summed E-state index contributed by atoms with van der Waals surface area (Å²) in [6.07, 6.45) is 0. The topological polar surface area (TPSA) is 86.5 Å². The second-order valence-electron chi connectivity index (χ2n) is 4.67. The zero-order chi connectivity index (χ0) is 16.3. The minimum atomic E-state index is -0.760. The van der Waals surface area contributed by atoms with Crippen LogP contribution in [-0.2, 0) is 4.74 Å². The molecule has 0 unspecified atom stereocenters. The first kappa shape index (κ1) is 15.8. The summed E-state index contributed by atoms with van der Waals surface area (Å²) in [6, 6.07) is 7.54. The third-order valence-corrected chi connectivity index (χ3v) is 4.03. The summed E-state index contributed by atoms with van der Waals surface area (Å²) >= 11 is 1.32. The van der Waals surface area contributed by atoms with Gasteiger partial charge in [0.15, 0.2) is 6.61 Å². The number of hydrogen-bond donors (Lipinski definition) is 0. The third kappa shape index (κ3) is 3.56. The number of nitro groups is 1. The zero-order valence-corrected chi connectivity index (χ0v) is 12.8. The SMILES string of the molecule is Cc1ccc(C(=O)COC(=O)c2ccc(C)c([N+](=O)[O-])c2)s1. The molecule has 0 bridgehead atoms. The number of aryl methyl sites for hydroxylation is 2. The molecule has 0 N–H and O–H groups in total. The van der Waals surface area contributed by atoms with E-state index in [1.807, 2.05) is 13.0 Å². The summed E-state index contributed by atoms with van der Waals surface area (Å²) in [6.45, 7) is 3.06.